The molecule has 4 atom stereocenters. The van der Waals surface area contributed by atoms with E-state index in [0.717, 1.165) is 31.1 Å². The highest BCUT2D eigenvalue weighted by Gasteiger charge is 2.59. The number of hydrogen-bond acceptors (Lipinski definition) is 1. The first-order valence-electron chi connectivity index (χ1n) is 5.50. The minimum Gasteiger partial charge on any atom is -0.369 e. The van der Waals surface area contributed by atoms with Gasteiger partial charge in [0.1, 0.15) is 0 Å². The van der Waals surface area contributed by atoms with Gasteiger partial charge in [0, 0.05) is 4.32 Å². The highest BCUT2D eigenvalue weighted by Crippen LogP contribution is 2.64. The van der Waals surface area contributed by atoms with Gasteiger partial charge in [-0.15, -0.1) is 0 Å². The van der Waals surface area contributed by atoms with Crippen LogP contribution in [0.3, 0.4) is 0 Å². The predicted molar refractivity (Wildman–Crippen MR) is 58.0 cm³/mol. The Hall–Kier alpha value is -0.0500. The van der Waals surface area contributed by atoms with Crippen molar-refractivity contribution >= 4 is 21.8 Å². The van der Waals surface area contributed by atoms with Crippen LogP contribution >= 0.6 is 15.9 Å². The van der Waals surface area contributed by atoms with E-state index in [1.165, 1.54) is 19.3 Å². The molecule has 0 aromatic heterocycles. The van der Waals surface area contributed by atoms with Crippen molar-refractivity contribution in [2.75, 3.05) is 0 Å². The zero-order valence-electron chi connectivity index (χ0n) is 8.26. The molecule has 3 heteroatoms. The molecule has 2 nitrogen and oxygen atoms in total. The molecule has 0 heterocycles. The van der Waals surface area contributed by atoms with E-state index in [-0.39, 0.29) is 15.6 Å². The van der Waals surface area contributed by atoms with Gasteiger partial charge in [0.05, 0.1) is 5.41 Å². The number of hydrogen-bond donors (Lipinski definition) is 1. The maximum atomic E-state index is 11.6. The smallest absolute Gasteiger partial charge is 0.223 e. The van der Waals surface area contributed by atoms with Gasteiger partial charge in [-0.1, -0.05) is 15.9 Å². The monoisotopic (exact) mass is 257 g/mol. The first-order valence-corrected chi connectivity index (χ1v) is 6.30. The molecule has 1 amide bonds. The Morgan fingerprint density at radius 3 is 2.21 bits per heavy atom. The van der Waals surface area contributed by atoms with Crippen molar-refractivity contribution in [1.82, 2.24) is 0 Å². The Kier molecular flexibility index (Phi) is 1.67. The largest absolute Gasteiger partial charge is 0.369 e. The fraction of sp³-hybridized carbons (Fsp3) is 0.909. The highest BCUT2D eigenvalue weighted by atomic mass is 79.9. The average molecular weight is 258 g/mol. The molecule has 4 bridgehead atoms. The summed E-state index contributed by atoms with van der Waals surface area (Å²) >= 11 is 3.85. The standard InChI is InChI=1S/C11H16BrNO/c12-11-4-7-1-8(5-11)3-10(2-7,6-11)9(13)14/h7-8H,1-6H2,(H2,13,14)/t7-,8+,10?,11?. The van der Waals surface area contributed by atoms with E-state index in [2.05, 4.69) is 15.9 Å². The lowest BCUT2D eigenvalue weighted by Gasteiger charge is -2.59. The second-order valence-electron chi connectivity index (χ2n) is 5.76. The average Bonchev–Trinajstić information content (AvgIpc) is 1.98. The van der Waals surface area contributed by atoms with Gasteiger partial charge >= 0.3 is 0 Å². The third kappa shape index (κ3) is 1.11. The minimum atomic E-state index is -0.145. The van der Waals surface area contributed by atoms with Crippen LogP contribution in [0.15, 0.2) is 0 Å². The minimum absolute atomic E-state index is 0.0459. The summed E-state index contributed by atoms with van der Waals surface area (Å²) in [5.41, 5.74) is 5.45. The second kappa shape index (κ2) is 2.55. The van der Waals surface area contributed by atoms with E-state index in [4.69, 9.17) is 5.73 Å². The second-order valence-corrected chi connectivity index (χ2v) is 7.44. The number of amides is 1. The van der Waals surface area contributed by atoms with Crippen LogP contribution in [0.2, 0.25) is 0 Å². The summed E-state index contributed by atoms with van der Waals surface area (Å²) in [6.07, 6.45) is 6.97. The van der Waals surface area contributed by atoms with Crippen molar-refractivity contribution in [1.29, 1.82) is 0 Å². The van der Waals surface area contributed by atoms with Crippen LogP contribution in [0.5, 0.6) is 0 Å². The fourth-order valence-electron chi connectivity index (χ4n) is 4.44. The van der Waals surface area contributed by atoms with Crippen LogP contribution in [0, 0.1) is 17.3 Å². The third-order valence-electron chi connectivity index (χ3n) is 4.51. The van der Waals surface area contributed by atoms with Crippen molar-refractivity contribution in [2.45, 2.75) is 42.8 Å². The molecule has 2 unspecified atom stereocenters. The van der Waals surface area contributed by atoms with Crippen molar-refractivity contribution in [3.05, 3.63) is 0 Å². The van der Waals surface area contributed by atoms with Gasteiger partial charge in [-0.05, 0) is 50.4 Å². The molecule has 0 aromatic rings. The summed E-state index contributed by atoms with van der Waals surface area (Å²) in [6, 6.07) is 0. The van der Waals surface area contributed by atoms with Gasteiger partial charge < -0.3 is 5.73 Å². The van der Waals surface area contributed by atoms with E-state index < -0.39 is 0 Å². The molecule has 0 radical (unpaired) electrons. The van der Waals surface area contributed by atoms with E-state index in [1.807, 2.05) is 0 Å². The summed E-state index contributed by atoms with van der Waals surface area (Å²) in [4.78, 5) is 11.6. The summed E-state index contributed by atoms with van der Waals surface area (Å²) in [5, 5.41) is 0. The lowest BCUT2D eigenvalue weighted by atomic mass is 9.49. The summed E-state index contributed by atoms with van der Waals surface area (Å²) in [7, 11) is 0. The molecule has 0 spiro atoms. The van der Waals surface area contributed by atoms with E-state index >= 15 is 0 Å². The molecule has 0 aromatic carbocycles. The number of nitrogens with two attached hydrogens (primary N) is 1. The Morgan fingerprint density at radius 2 is 1.79 bits per heavy atom. The van der Waals surface area contributed by atoms with Crippen LogP contribution in [0.1, 0.15) is 38.5 Å². The van der Waals surface area contributed by atoms with Crippen LogP contribution in [0.25, 0.3) is 0 Å². The van der Waals surface area contributed by atoms with E-state index in [0.29, 0.717) is 0 Å². The number of alkyl halides is 1. The Balaban J connectivity index is 2.00. The molecule has 78 valence electrons. The zero-order chi connectivity index (χ0) is 9.97. The molecule has 2 N–H and O–H groups in total. The van der Waals surface area contributed by atoms with Crippen molar-refractivity contribution in [3.8, 4) is 0 Å². The molecule has 0 aliphatic heterocycles. The van der Waals surface area contributed by atoms with Gasteiger partial charge in [-0.2, -0.15) is 0 Å². The van der Waals surface area contributed by atoms with E-state index in [1.54, 1.807) is 0 Å². The Labute approximate surface area is 92.7 Å². The zero-order valence-corrected chi connectivity index (χ0v) is 9.85. The number of primary amides is 1. The molecular weight excluding hydrogens is 242 g/mol. The summed E-state index contributed by atoms with van der Waals surface area (Å²) < 4.78 is 0.256. The molecule has 4 rings (SSSR count). The van der Waals surface area contributed by atoms with Crippen LogP contribution in [-0.4, -0.2) is 10.2 Å². The quantitative estimate of drug-likeness (QED) is 0.720. The molecule has 4 aliphatic rings. The van der Waals surface area contributed by atoms with Crippen molar-refractivity contribution in [2.24, 2.45) is 23.0 Å². The number of rotatable bonds is 1. The Morgan fingerprint density at radius 1 is 1.21 bits per heavy atom. The van der Waals surface area contributed by atoms with Crippen LogP contribution in [-0.2, 0) is 4.79 Å². The summed E-state index contributed by atoms with van der Waals surface area (Å²) in [6.45, 7) is 0. The maximum Gasteiger partial charge on any atom is 0.223 e. The van der Waals surface area contributed by atoms with Gasteiger partial charge in [0.25, 0.3) is 0 Å². The van der Waals surface area contributed by atoms with Gasteiger partial charge in [0.2, 0.25) is 5.91 Å². The maximum absolute atomic E-state index is 11.6. The number of carbonyl (C=O) groups excluding carboxylic acids is 1. The fourth-order valence-corrected chi connectivity index (χ4v) is 5.89. The van der Waals surface area contributed by atoms with Gasteiger partial charge in [-0.3, -0.25) is 4.79 Å². The molecule has 4 aliphatic carbocycles. The Bertz CT molecular complexity index is 288. The molecule has 14 heavy (non-hydrogen) atoms. The predicted octanol–water partition coefficient (Wildman–Crippen LogP) is 2.21. The SMILES string of the molecule is NC(=O)C12C[C@@H]3C[C@@H](CC(Br)(C3)C1)C2. The normalized spacial score (nSPS) is 54.9. The number of carbonyl (C=O) groups is 1. The highest BCUT2D eigenvalue weighted by molar-refractivity contribution is 9.10. The lowest BCUT2D eigenvalue weighted by molar-refractivity contribution is -0.140. The molecular formula is C11H16BrNO. The van der Waals surface area contributed by atoms with Crippen molar-refractivity contribution < 1.29 is 4.79 Å². The summed E-state index contributed by atoms with van der Waals surface area (Å²) in [5.74, 6) is 1.46. The van der Waals surface area contributed by atoms with E-state index in [9.17, 15) is 4.79 Å². The van der Waals surface area contributed by atoms with Crippen LogP contribution in [0.4, 0.5) is 0 Å². The van der Waals surface area contributed by atoms with Gasteiger partial charge in [-0.25, -0.2) is 0 Å². The third-order valence-corrected chi connectivity index (χ3v) is 5.44. The molecule has 0 saturated heterocycles. The first-order chi connectivity index (χ1) is 6.51. The molecule has 4 saturated carbocycles. The number of halogens is 1. The van der Waals surface area contributed by atoms with Crippen molar-refractivity contribution in [3.63, 3.8) is 0 Å². The van der Waals surface area contributed by atoms with Gasteiger partial charge in [0.15, 0.2) is 0 Å². The lowest BCUT2D eigenvalue weighted by Crippen LogP contribution is -2.57. The topological polar surface area (TPSA) is 43.1 Å². The molecule has 4 fully saturated rings. The van der Waals surface area contributed by atoms with Crippen LogP contribution < -0.4 is 5.73 Å². The first kappa shape index (κ1) is 9.20.